The van der Waals surface area contributed by atoms with Gasteiger partial charge in [-0.25, -0.2) is 0 Å². The van der Waals surface area contributed by atoms with E-state index in [-0.39, 0.29) is 12.0 Å². The molecule has 0 bridgehead atoms. The molecule has 4 heteroatoms. The van der Waals surface area contributed by atoms with E-state index >= 15 is 0 Å². The van der Waals surface area contributed by atoms with Crippen molar-refractivity contribution in [2.75, 3.05) is 13.6 Å². The Kier molecular flexibility index (Phi) is 3.74. The zero-order valence-electron chi connectivity index (χ0n) is 10.0. The van der Waals surface area contributed by atoms with Crippen LogP contribution >= 0.6 is 0 Å². The maximum atomic E-state index is 11.4. The summed E-state index contributed by atoms with van der Waals surface area (Å²) in [5.41, 5.74) is 0.865. The number of likely N-dealkylation sites (tertiary alicyclic amines) is 1. The van der Waals surface area contributed by atoms with E-state index < -0.39 is 5.97 Å². The van der Waals surface area contributed by atoms with Crippen molar-refractivity contribution in [2.24, 2.45) is 5.92 Å². The van der Waals surface area contributed by atoms with E-state index in [0.717, 1.165) is 31.5 Å². The van der Waals surface area contributed by atoms with E-state index in [2.05, 4.69) is 9.88 Å². The Bertz CT molecular complexity index is 380. The average Bonchev–Trinajstić information content (AvgIpc) is 2.52. The van der Waals surface area contributed by atoms with E-state index in [4.69, 9.17) is 0 Å². The summed E-state index contributed by atoms with van der Waals surface area (Å²) in [6.45, 7) is 0.936. The normalized spacial score (nSPS) is 26.4. The second kappa shape index (κ2) is 5.27. The molecule has 2 heterocycles. The molecule has 0 radical (unpaired) electrons. The molecule has 0 amide bonds. The van der Waals surface area contributed by atoms with Crippen molar-refractivity contribution in [2.45, 2.75) is 25.3 Å². The van der Waals surface area contributed by atoms with Crippen molar-refractivity contribution >= 4 is 5.97 Å². The van der Waals surface area contributed by atoms with Crippen LogP contribution in [0.4, 0.5) is 0 Å². The summed E-state index contributed by atoms with van der Waals surface area (Å²) in [5.74, 6) is -1.06. The molecule has 17 heavy (non-hydrogen) atoms. The van der Waals surface area contributed by atoms with Crippen molar-refractivity contribution < 1.29 is 9.90 Å². The van der Waals surface area contributed by atoms with Crippen LogP contribution in [-0.4, -0.2) is 34.6 Å². The van der Waals surface area contributed by atoms with Gasteiger partial charge in [-0.3, -0.25) is 14.7 Å². The fourth-order valence-electron chi connectivity index (χ4n) is 2.57. The molecule has 0 spiro atoms. The van der Waals surface area contributed by atoms with Crippen LogP contribution in [-0.2, 0) is 4.79 Å². The minimum absolute atomic E-state index is 0.101. The molecule has 0 unspecified atom stereocenters. The number of rotatable bonds is 2. The van der Waals surface area contributed by atoms with Gasteiger partial charge in [-0.05, 0) is 38.6 Å². The van der Waals surface area contributed by atoms with Gasteiger partial charge in [0.1, 0.15) is 0 Å². The van der Waals surface area contributed by atoms with E-state index in [0.29, 0.717) is 0 Å². The predicted octanol–water partition coefficient (Wildman–Crippen LogP) is 1.94. The van der Waals surface area contributed by atoms with Gasteiger partial charge in [-0.1, -0.05) is 12.5 Å². The maximum Gasteiger partial charge on any atom is 0.308 e. The lowest BCUT2D eigenvalue weighted by molar-refractivity contribution is -0.144. The lowest BCUT2D eigenvalue weighted by Crippen LogP contribution is -2.33. The Morgan fingerprint density at radius 2 is 2.29 bits per heavy atom. The van der Waals surface area contributed by atoms with Gasteiger partial charge in [0.15, 0.2) is 0 Å². The third-order valence-electron chi connectivity index (χ3n) is 3.44. The minimum Gasteiger partial charge on any atom is -0.481 e. The molecule has 1 aliphatic heterocycles. The molecular weight excluding hydrogens is 216 g/mol. The highest BCUT2D eigenvalue weighted by atomic mass is 16.4. The van der Waals surface area contributed by atoms with Crippen LogP contribution in [0.5, 0.6) is 0 Å². The minimum atomic E-state index is -0.714. The quantitative estimate of drug-likeness (QED) is 0.849. The SMILES string of the molecule is CN1CCCC[C@H](C(=O)O)[C@H]1c1ccccn1. The fraction of sp³-hybridized carbons (Fsp3) is 0.538. The second-order valence-corrected chi connectivity index (χ2v) is 4.62. The van der Waals surface area contributed by atoms with Gasteiger partial charge < -0.3 is 5.11 Å². The topological polar surface area (TPSA) is 53.4 Å². The molecule has 0 saturated carbocycles. The molecule has 4 nitrogen and oxygen atoms in total. The van der Waals surface area contributed by atoms with Gasteiger partial charge >= 0.3 is 5.97 Å². The Morgan fingerprint density at radius 1 is 1.47 bits per heavy atom. The van der Waals surface area contributed by atoms with Gasteiger partial charge in [0.2, 0.25) is 0 Å². The summed E-state index contributed by atoms with van der Waals surface area (Å²) < 4.78 is 0. The van der Waals surface area contributed by atoms with E-state index in [1.807, 2.05) is 25.2 Å². The summed E-state index contributed by atoms with van der Waals surface area (Å²) >= 11 is 0. The maximum absolute atomic E-state index is 11.4. The standard InChI is InChI=1S/C13H18N2O2/c1-15-9-5-3-6-10(13(16)17)12(15)11-7-2-4-8-14-11/h2,4,7-8,10,12H,3,5-6,9H2,1H3,(H,16,17)/t10-,12-/m0/s1. The van der Waals surface area contributed by atoms with Crippen molar-refractivity contribution in [3.63, 3.8) is 0 Å². The Labute approximate surface area is 101 Å². The van der Waals surface area contributed by atoms with Crippen LogP contribution in [0, 0.1) is 5.92 Å². The van der Waals surface area contributed by atoms with Crippen LogP contribution in [0.25, 0.3) is 0 Å². The second-order valence-electron chi connectivity index (χ2n) is 4.62. The van der Waals surface area contributed by atoms with Crippen molar-refractivity contribution in [3.8, 4) is 0 Å². The van der Waals surface area contributed by atoms with E-state index in [1.54, 1.807) is 6.20 Å². The Morgan fingerprint density at radius 3 is 2.94 bits per heavy atom. The molecule has 1 fully saturated rings. The van der Waals surface area contributed by atoms with Crippen LogP contribution < -0.4 is 0 Å². The molecule has 2 atom stereocenters. The highest BCUT2D eigenvalue weighted by Gasteiger charge is 2.34. The number of hydrogen-bond donors (Lipinski definition) is 1. The number of carboxylic acids is 1. The highest BCUT2D eigenvalue weighted by molar-refractivity contribution is 5.71. The molecular formula is C13H18N2O2. The monoisotopic (exact) mass is 234 g/mol. The first-order valence-corrected chi connectivity index (χ1v) is 6.04. The van der Waals surface area contributed by atoms with Gasteiger partial charge in [-0.15, -0.1) is 0 Å². The van der Waals surface area contributed by atoms with Crippen LogP contribution in [0.2, 0.25) is 0 Å². The Hall–Kier alpha value is -1.42. The predicted molar refractivity (Wildman–Crippen MR) is 64.6 cm³/mol. The summed E-state index contributed by atoms with van der Waals surface area (Å²) in [6.07, 6.45) is 4.50. The molecule has 1 aromatic rings. The number of aromatic nitrogens is 1. The number of hydrogen-bond acceptors (Lipinski definition) is 3. The fourth-order valence-corrected chi connectivity index (χ4v) is 2.57. The number of pyridine rings is 1. The molecule has 1 aromatic heterocycles. The lowest BCUT2D eigenvalue weighted by atomic mass is 9.92. The van der Waals surface area contributed by atoms with Crippen molar-refractivity contribution in [3.05, 3.63) is 30.1 Å². The zero-order chi connectivity index (χ0) is 12.3. The number of carboxylic acid groups (broad SMARTS) is 1. The first-order chi connectivity index (χ1) is 8.20. The third-order valence-corrected chi connectivity index (χ3v) is 3.44. The molecule has 0 aromatic carbocycles. The van der Waals surface area contributed by atoms with Gasteiger partial charge in [-0.2, -0.15) is 0 Å². The van der Waals surface area contributed by atoms with Crippen molar-refractivity contribution in [1.29, 1.82) is 0 Å². The first kappa shape index (κ1) is 12.0. The van der Waals surface area contributed by atoms with Crippen LogP contribution in [0.15, 0.2) is 24.4 Å². The largest absolute Gasteiger partial charge is 0.481 e. The summed E-state index contributed by atoms with van der Waals surface area (Å²) in [4.78, 5) is 17.8. The molecule has 1 N–H and O–H groups in total. The molecule has 0 aliphatic carbocycles. The van der Waals surface area contributed by atoms with E-state index in [9.17, 15) is 9.90 Å². The molecule has 92 valence electrons. The first-order valence-electron chi connectivity index (χ1n) is 6.04. The lowest BCUT2D eigenvalue weighted by Gasteiger charge is -2.29. The number of nitrogens with zero attached hydrogens (tertiary/aromatic N) is 2. The molecule has 1 aliphatic rings. The van der Waals surface area contributed by atoms with E-state index in [1.165, 1.54) is 0 Å². The number of carbonyl (C=O) groups is 1. The van der Waals surface area contributed by atoms with Gasteiger partial charge in [0.05, 0.1) is 17.7 Å². The smallest absolute Gasteiger partial charge is 0.308 e. The summed E-state index contributed by atoms with van der Waals surface area (Å²) in [6, 6.07) is 5.59. The molecule has 2 rings (SSSR count). The summed E-state index contributed by atoms with van der Waals surface area (Å²) in [5, 5.41) is 9.36. The average molecular weight is 234 g/mol. The molecule has 1 saturated heterocycles. The van der Waals surface area contributed by atoms with Crippen molar-refractivity contribution in [1.82, 2.24) is 9.88 Å². The summed E-state index contributed by atoms with van der Waals surface area (Å²) in [7, 11) is 1.99. The Balaban J connectivity index is 2.33. The van der Waals surface area contributed by atoms with Crippen LogP contribution in [0.3, 0.4) is 0 Å². The van der Waals surface area contributed by atoms with Gasteiger partial charge in [0, 0.05) is 6.20 Å². The highest BCUT2D eigenvalue weighted by Crippen LogP contribution is 2.33. The zero-order valence-corrected chi connectivity index (χ0v) is 10.0. The van der Waals surface area contributed by atoms with Gasteiger partial charge in [0.25, 0.3) is 0 Å². The third kappa shape index (κ3) is 2.64. The number of aliphatic carboxylic acids is 1. The van der Waals surface area contributed by atoms with Crippen LogP contribution in [0.1, 0.15) is 31.0 Å².